The first-order valence-corrected chi connectivity index (χ1v) is 7.33. The van der Waals surface area contributed by atoms with Crippen LogP contribution >= 0.6 is 0 Å². The van der Waals surface area contributed by atoms with Gasteiger partial charge in [-0.05, 0) is 24.3 Å². The van der Waals surface area contributed by atoms with Crippen molar-refractivity contribution in [3.63, 3.8) is 0 Å². The molecule has 0 fully saturated rings. The number of hydrogen-bond donors (Lipinski definition) is 0. The van der Waals surface area contributed by atoms with Gasteiger partial charge in [0.1, 0.15) is 0 Å². The summed E-state index contributed by atoms with van der Waals surface area (Å²) in [5.41, 5.74) is -0.136. The van der Waals surface area contributed by atoms with Gasteiger partial charge in [-0.25, -0.2) is 13.2 Å². The van der Waals surface area contributed by atoms with Crippen LogP contribution in [-0.4, -0.2) is 35.4 Å². The Hall–Kier alpha value is -2.90. The summed E-state index contributed by atoms with van der Waals surface area (Å²) in [7, 11) is 1.20. The molecule has 1 heterocycles. The Morgan fingerprint density at radius 1 is 1.12 bits per heavy atom. The fourth-order valence-electron chi connectivity index (χ4n) is 2.13. The number of rotatable bonds is 6. The van der Waals surface area contributed by atoms with Crippen LogP contribution in [-0.2, 0) is 16.1 Å². The van der Waals surface area contributed by atoms with Gasteiger partial charge in [0.2, 0.25) is 0 Å². The van der Waals surface area contributed by atoms with E-state index in [-0.39, 0.29) is 19.5 Å². The molecule has 0 N–H and O–H groups in total. The van der Waals surface area contributed by atoms with Crippen LogP contribution in [0.1, 0.15) is 22.5 Å². The van der Waals surface area contributed by atoms with Crippen LogP contribution in [0.5, 0.6) is 0 Å². The smallest absolute Gasteiger partial charge is 0.307 e. The first-order chi connectivity index (χ1) is 11.9. The third-order valence-electron chi connectivity index (χ3n) is 3.45. The highest BCUT2D eigenvalue weighted by atomic mass is 19.2. The lowest BCUT2D eigenvalue weighted by Gasteiger charge is -2.22. The van der Waals surface area contributed by atoms with E-state index in [0.717, 1.165) is 11.0 Å². The van der Waals surface area contributed by atoms with E-state index in [0.29, 0.717) is 11.8 Å². The lowest BCUT2D eigenvalue weighted by atomic mass is 10.1. The Labute approximate surface area is 142 Å². The topological polar surface area (TPSA) is 59.5 Å². The average Bonchev–Trinajstić information content (AvgIpc) is 2.63. The van der Waals surface area contributed by atoms with Crippen LogP contribution in [0, 0.1) is 17.5 Å². The zero-order valence-corrected chi connectivity index (χ0v) is 13.3. The maximum atomic E-state index is 13.9. The Morgan fingerprint density at radius 2 is 1.88 bits per heavy atom. The molecule has 0 radical (unpaired) electrons. The molecule has 1 aromatic heterocycles. The lowest BCUT2D eigenvalue weighted by molar-refractivity contribution is -0.140. The molecule has 0 atom stereocenters. The number of ether oxygens (including phenoxy) is 1. The van der Waals surface area contributed by atoms with Crippen LogP contribution in [0.3, 0.4) is 0 Å². The van der Waals surface area contributed by atoms with E-state index in [1.54, 1.807) is 18.2 Å². The molecule has 0 spiro atoms. The summed E-state index contributed by atoms with van der Waals surface area (Å²) in [5.74, 6) is -6.14. The van der Waals surface area contributed by atoms with Crippen molar-refractivity contribution in [1.82, 2.24) is 9.88 Å². The Bertz CT molecular complexity index is 769. The number of nitrogens with zero attached hydrogens (tertiary/aromatic N) is 2. The molecule has 0 saturated heterocycles. The van der Waals surface area contributed by atoms with Crippen molar-refractivity contribution in [2.24, 2.45) is 0 Å². The fraction of sp³-hybridized carbons (Fsp3) is 0.235. The molecular formula is C17H15F3N2O3. The maximum Gasteiger partial charge on any atom is 0.307 e. The van der Waals surface area contributed by atoms with Crippen molar-refractivity contribution < 1.29 is 27.5 Å². The monoisotopic (exact) mass is 352 g/mol. The van der Waals surface area contributed by atoms with E-state index in [1.165, 1.54) is 13.3 Å². The quantitative estimate of drug-likeness (QED) is 0.592. The van der Waals surface area contributed by atoms with Crippen LogP contribution in [0.15, 0.2) is 36.5 Å². The van der Waals surface area contributed by atoms with Crippen molar-refractivity contribution in [2.45, 2.75) is 13.0 Å². The van der Waals surface area contributed by atoms with Gasteiger partial charge < -0.3 is 9.64 Å². The second-order valence-corrected chi connectivity index (χ2v) is 5.10. The SMILES string of the molecule is COC(=O)CCN(Cc1ccccn1)C(=O)c1ccc(F)c(F)c1F. The molecule has 2 rings (SSSR count). The van der Waals surface area contributed by atoms with Crippen molar-refractivity contribution in [3.8, 4) is 0 Å². The van der Waals surface area contributed by atoms with Gasteiger partial charge in [-0.3, -0.25) is 14.6 Å². The normalized spacial score (nSPS) is 10.4. The molecule has 0 aliphatic heterocycles. The summed E-state index contributed by atoms with van der Waals surface area (Å²) < 4.78 is 44.9. The summed E-state index contributed by atoms with van der Waals surface area (Å²) in [6.07, 6.45) is 1.37. The van der Waals surface area contributed by atoms with Gasteiger partial charge in [0.15, 0.2) is 17.5 Å². The van der Waals surface area contributed by atoms with Gasteiger partial charge in [0.05, 0.1) is 31.3 Å². The van der Waals surface area contributed by atoms with E-state index in [1.807, 2.05) is 0 Å². The predicted molar refractivity (Wildman–Crippen MR) is 81.9 cm³/mol. The molecule has 0 unspecified atom stereocenters. The largest absolute Gasteiger partial charge is 0.469 e. The van der Waals surface area contributed by atoms with Gasteiger partial charge in [-0.15, -0.1) is 0 Å². The average molecular weight is 352 g/mol. The Balaban J connectivity index is 2.28. The molecule has 2 aromatic rings. The number of amides is 1. The Morgan fingerprint density at radius 3 is 2.52 bits per heavy atom. The minimum atomic E-state index is -1.73. The van der Waals surface area contributed by atoms with Crippen molar-refractivity contribution in [1.29, 1.82) is 0 Å². The predicted octanol–water partition coefficient (Wildman–Crippen LogP) is 2.70. The highest BCUT2D eigenvalue weighted by Gasteiger charge is 2.24. The third-order valence-corrected chi connectivity index (χ3v) is 3.45. The molecule has 132 valence electrons. The standard InChI is InChI=1S/C17H15F3N2O3/c1-25-14(23)7-9-22(10-11-4-2-3-8-21-11)17(24)12-5-6-13(18)16(20)15(12)19/h2-6,8H,7,9-10H2,1H3. The molecule has 0 aliphatic rings. The minimum Gasteiger partial charge on any atom is -0.469 e. The first-order valence-electron chi connectivity index (χ1n) is 7.33. The van der Waals surface area contributed by atoms with Gasteiger partial charge in [0, 0.05) is 12.7 Å². The highest BCUT2D eigenvalue weighted by Crippen LogP contribution is 2.18. The summed E-state index contributed by atoms with van der Waals surface area (Å²) in [5, 5.41) is 0. The molecule has 0 aliphatic carbocycles. The molecule has 1 amide bonds. The van der Waals surface area contributed by atoms with E-state index >= 15 is 0 Å². The summed E-state index contributed by atoms with van der Waals surface area (Å²) >= 11 is 0. The van der Waals surface area contributed by atoms with Gasteiger partial charge in [0.25, 0.3) is 5.91 Å². The summed E-state index contributed by atoms with van der Waals surface area (Å²) in [6, 6.07) is 6.55. The maximum absolute atomic E-state index is 13.9. The second-order valence-electron chi connectivity index (χ2n) is 5.10. The molecular weight excluding hydrogens is 337 g/mol. The van der Waals surface area contributed by atoms with Crippen LogP contribution in [0.4, 0.5) is 13.2 Å². The Kier molecular flexibility index (Phi) is 6.10. The molecule has 1 aromatic carbocycles. The second kappa shape index (κ2) is 8.27. The molecule has 0 bridgehead atoms. The fourth-order valence-corrected chi connectivity index (χ4v) is 2.13. The number of halogens is 3. The van der Waals surface area contributed by atoms with E-state index in [9.17, 15) is 22.8 Å². The number of carbonyl (C=O) groups excluding carboxylic acids is 2. The molecule has 5 nitrogen and oxygen atoms in total. The third kappa shape index (κ3) is 4.56. The van der Waals surface area contributed by atoms with Crippen LogP contribution in [0.25, 0.3) is 0 Å². The lowest BCUT2D eigenvalue weighted by Crippen LogP contribution is -2.34. The number of aromatic nitrogens is 1. The summed E-state index contributed by atoms with van der Waals surface area (Å²) in [6.45, 7) is -0.129. The number of carbonyl (C=O) groups is 2. The number of pyridine rings is 1. The number of esters is 1. The van der Waals surface area contributed by atoms with Gasteiger partial charge in [-0.1, -0.05) is 6.07 Å². The summed E-state index contributed by atoms with van der Waals surface area (Å²) in [4.78, 5) is 29.1. The molecule has 0 saturated carbocycles. The number of hydrogen-bond acceptors (Lipinski definition) is 4. The van der Waals surface area contributed by atoms with E-state index < -0.39 is 34.9 Å². The van der Waals surface area contributed by atoms with Gasteiger partial charge >= 0.3 is 5.97 Å². The van der Waals surface area contributed by atoms with Gasteiger partial charge in [-0.2, -0.15) is 0 Å². The highest BCUT2D eigenvalue weighted by molar-refractivity contribution is 5.94. The first kappa shape index (κ1) is 18.4. The van der Waals surface area contributed by atoms with Crippen molar-refractivity contribution in [3.05, 3.63) is 65.2 Å². The van der Waals surface area contributed by atoms with E-state index in [4.69, 9.17) is 0 Å². The zero-order valence-electron chi connectivity index (χ0n) is 13.3. The number of methoxy groups -OCH3 is 1. The number of benzene rings is 1. The van der Waals surface area contributed by atoms with Crippen LogP contribution < -0.4 is 0 Å². The molecule has 8 heteroatoms. The van der Waals surface area contributed by atoms with Crippen molar-refractivity contribution >= 4 is 11.9 Å². The van der Waals surface area contributed by atoms with Crippen LogP contribution in [0.2, 0.25) is 0 Å². The van der Waals surface area contributed by atoms with Crippen molar-refractivity contribution in [2.75, 3.05) is 13.7 Å². The molecule has 25 heavy (non-hydrogen) atoms. The zero-order chi connectivity index (χ0) is 18.4. The van der Waals surface area contributed by atoms with E-state index in [2.05, 4.69) is 9.72 Å². The minimum absolute atomic E-state index is 0.0326.